The Kier molecular flexibility index (Phi) is 6.85. The Balaban J connectivity index is 1.97. The molecule has 0 saturated carbocycles. The predicted molar refractivity (Wildman–Crippen MR) is 115 cm³/mol. The van der Waals surface area contributed by atoms with Crippen LogP contribution >= 0.6 is 11.8 Å². The number of hydrogen-bond acceptors (Lipinski definition) is 5. The summed E-state index contributed by atoms with van der Waals surface area (Å²) in [6, 6.07) is 14.7. The summed E-state index contributed by atoms with van der Waals surface area (Å²) in [5.74, 6) is -0.749. The first kappa shape index (κ1) is 21.5. The minimum atomic E-state index is -0.407. The molecule has 1 amide bonds. The van der Waals surface area contributed by atoms with Gasteiger partial charge in [-0.2, -0.15) is 5.26 Å². The highest BCUT2D eigenvalue weighted by molar-refractivity contribution is 7.99. The summed E-state index contributed by atoms with van der Waals surface area (Å²) in [7, 11) is 0. The molecule has 2 aromatic carbocycles. The summed E-state index contributed by atoms with van der Waals surface area (Å²) in [4.78, 5) is 32.0. The van der Waals surface area contributed by atoms with Gasteiger partial charge in [0.25, 0.3) is 5.56 Å². The highest BCUT2D eigenvalue weighted by atomic mass is 32.2. The highest BCUT2D eigenvalue weighted by Crippen LogP contribution is 2.22. The number of halogens is 1. The number of nitrogens with zero attached hydrogens (tertiary/aromatic N) is 4. The first-order valence-corrected chi connectivity index (χ1v) is 10.5. The fraction of sp³-hybridized carbons (Fsp3) is 0.273. The molecule has 0 saturated heterocycles. The van der Waals surface area contributed by atoms with Crippen molar-refractivity contribution in [1.29, 1.82) is 5.26 Å². The second kappa shape index (κ2) is 9.55. The minimum absolute atomic E-state index is 0.0674. The van der Waals surface area contributed by atoms with E-state index in [1.54, 1.807) is 36.1 Å². The van der Waals surface area contributed by atoms with Crippen molar-refractivity contribution >= 4 is 28.6 Å². The van der Waals surface area contributed by atoms with Crippen molar-refractivity contribution < 1.29 is 9.18 Å². The molecular weight excluding hydrogens is 403 g/mol. The summed E-state index contributed by atoms with van der Waals surface area (Å²) in [6.45, 7) is 4.46. The van der Waals surface area contributed by atoms with Gasteiger partial charge in [0, 0.05) is 13.1 Å². The van der Waals surface area contributed by atoms with Crippen LogP contribution in [0.5, 0.6) is 0 Å². The zero-order valence-corrected chi connectivity index (χ0v) is 17.5. The van der Waals surface area contributed by atoms with Crippen molar-refractivity contribution in [2.24, 2.45) is 5.92 Å². The number of nitriles is 1. The first-order valence-electron chi connectivity index (χ1n) is 9.52. The van der Waals surface area contributed by atoms with Gasteiger partial charge in [0.1, 0.15) is 5.82 Å². The molecule has 3 aromatic rings. The molecule has 0 radical (unpaired) electrons. The van der Waals surface area contributed by atoms with E-state index in [9.17, 15) is 14.0 Å². The smallest absolute Gasteiger partial charge is 0.266 e. The number of fused-ring (bicyclic) bond motifs is 1. The van der Waals surface area contributed by atoms with E-state index in [4.69, 9.17) is 5.26 Å². The molecule has 0 aliphatic carbocycles. The summed E-state index contributed by atoms with van der Waals surface area (Å²) in [5, 5.41) is 9.80. The van der Waals surface area contributed by atoms with Crippen LogP contribution in [-0.2, 0) is 4.79 Å². The Morgan fingerprint density at radius 3 is 2.63 bits per heavy atom. The van der Waals surface area contributed by atoms with Gasteiger partial charge in [0.05, 0.1) is 34.3 Å². The molecule has 0 spiro atoms. The van der Waals surface area contributed by atoms with Crippen molar-refractivity contribution in [2.45, 2.75) is 19.0 Å². The molecule has 6 nitrogen and oxygen atoms in total. The van der Waals surface area contributed by atoms with Gasteiger partial charge < -0.3 is 4.90 Å². The van der Waals surface area contributed by atoms with E-state index >= 15 is 0 Å². The number of aromatic nitrogens is 2. The van der Waals surface area contributed by atoms with E-state index in [-0.39, 0.29) is 23.1 Å². The Morgan fingerprint density at radius 1 is 1.27 bits per heavy atom. The van der Waals surface area contributed by atoms with Crippen LogP contribution in [0.4, 0.5) is 4.39 Å². The summed E-state index contributed by atoms with van der Waals surface area (Å²) < 4.78 is 14.8. The van der Waals surface area contributed by atoms with Crippen LogP contribution in [0.2, 0.25) is 0 Å². The number of carbonyl (C=O) groups is 1. The Bertz CT molecular complexity index is 1150. The molecule has 0 aliphatic heterocycles. The molecule has 0 fully saturated rings. The molecule has 154 valence electrons. The maximum Gasteiger partial charge on any atom is 0.266 e. The Labute approximate surface area is 178 Å². The van der Waals surface area contributed by atoms with E-state index in [0.29, 0.717) is 34.8 Å². The molecule has 0 bridgehead atoms. The van der Waals surface area contributed by atoms with Crippen molar-refractivity contribution in [3.8, 4) is 11.8 Å². The monoisotopic (exact) mass is 424 g/mol. The first-order chi connectivity index (χ1) is 14.4. The zero-order chi connectivity index (χ0) is 21.7. The molecule has 1 atom stereocenters. The van der Waals surface area contributed by atoms with Gasteiger partial charge in [-0.15, -0.1) is 0 Å². The van der Waals surface area contributed by atoms with Gasteiger partial charge in [0.15, 0.2) is 5.16 Å². The number of carbonyl (C=O) groups excluding carboxylic acids is 1. The highest BCUT2D eigenvalue weighted by Gasteiger charge is 2.18. The lowest BCUT2D eigenvalue weighted by molar-refractivity contribution is -0.128. The van der Waals surface area contributed by atoms with Crippen molar-refractivity contribution in [2.75, 3.05) is 18.8 Å². The average Bonchev–Trinajstić information content (AvgIpc) is 2.76. The van der Waals surface area contributed by atoms with Crippen LogP contribution in [0.25, 0.3) is 16.6 Å². The maximum atomic E-state index is 13.4. The zero-order valence-electron chi connectivity index (χ0n) is 16.7. The summed E-state index contributed by atoms with van der Waals surface area (Å²) in [6.07, 6.45) is 0. The number of rotatable bonds is 7. The lowest BCUT2D eigenvalue weighted by atomic mass is 10.2. The van der Waals surface area contributed by atoms with Crippen molar-refractivity contribution in [3.05, 3.63) is 64.7 Å². The number of para-hydroxylation sites is 1. The summed E-state index contributed by atoms with van der Waals surface area (Å²) in [5.41, 5.74) is 0.717. The third-order valence-electron chi connectivity index (χ3n) is 4.60. The molecule has 30 heavy (non-hydrogen) atoms. The number of benzene rings is 2. The third-order valence-corrected chi connectivity index (χ3v) is 5.53. The van der Waals surface area contributed by atoms with Crippen LogP contribution in [-0.4, -0.2) is 39.2 Å². The number of amides is 1. The molecule has 8 heteroatoms. The normalized spacial score (nSPS) is 11.8. The fourth-order valence-electron chi connectivity index (χ4n) is 3.02. The average molecular weight is 425 g/mol. The summed E-state index contributed by atoms with van der Waals surface area (Å²) >= 11 is 1.15. The van der Waals surface area contributed by atoms with Crippen LogP contribution in [0.3, 0.4) is 0 Å². The van der Waals surface area contributed by atoms with Gasteiger partial charge in [-0.05, 0) is 50.2 Å². The molecule has 1 unspecified atom stereocenters. The molecule has 1 heterocycles. The third kappa shape index (κ3) is 4.69. The lowest BCUT2D eigenvalue weighted by Gasteiger charge is -2.22. The van der Waals surface area contributed by atoms with E-state index in [1.165, 1.54) is 28.8 Å². The standard InChI is InChI=1S/C22H21FN4O2S/c1-3-26(13-15(2)12-24)20(28)14-30-22-25-19-7-5-4-6-18(19)21(29)27(22)17-10-8-16(23)9-11-17/h4-11,15H,3,13-14H2,1-2H3. The van der Waals surface area contributed by atoms with Crippen molar-refractivity contribution in [1.82, 2.24) is 14.5 Å². The van der Waals surface area contributed by atoms with E-state index in [2.05, 4.69) is 11.1 Å². The van der Waals surface area contributed by atoms with Gasteiger partial charge in [0.2, 0.25) is 5.91 Å². The van der Waals surface area contributed by atoms with Gasteiger partial charge in [-0.1, -0.05) is 23.9 Å². The molecule has 0 N–H and O–H groups in total. The van der Waals surface area contributed by atoms with Gasteiger partial charge >= 0.3 is 0 Å². The maximum absolute atomic E-state index is 13.4. The topological polar surface area (TPSA) is 79.0 Å². The molecular formula is C22H21FN4O2S. The SMILES string of the molecule is CCN(CC(C)C#N)C(=O)CSc1nc2ccccc2c(=O)n1-c1ccc(F)cc1. The lowest BCUT2D eigenvalue weighted by Crippen LogP contribution is -2.35. The van der Waals surface area contributed by atoms with E-state index in [1.807, 2.05) is 6.92 Å². The van der Waals surface area contributed by atoms with E-state index in [0.717, 1.165) is 11.8 Å². The second-order valence-corrected chi connectivity index (χ2v) is 7.72. The largest absolute Gasteiger partial charge is 0.341 e. The fourth-order valence-corrected chi connectivity index (χ4v) is 3.94. The van der Waals surface area contributed by atoms with Gasteiger partial charge in [-0.25, -0.2) is 9.37 Å². The van der Waals surface area contributed by atoms with E-state index < -0.39 is 5.82 Å². The Morgan fingerprint density at radius 2 is 1.97 bits per heavy atom. The van der Waals surface area contributed by atoms with Crippen molar-refractivity contribution in [3.63, 3.8) is 0 Å². The molecule has 0 aliphatic rings. The quantitative estimate of drug-likeness (QED) is 0.428. The predicted octanol–water partition coefficient (Wildman–Crippen LogP) is 3.63. The molecule has 3 rings (SSSR count). The number of hydrogen-bond donors (Lipinski definition) is 0. The minimum Gasteiger partial charge on any atom is -0.341 e. The van der Waals surface area contributed by atoms with Gasteiger partial charge in [-0.3, -0.25) is 14.2 Å². The van der Waals surface area contributed by atoms with Crippen LogP contribution in [0, 0.1) is 23.1 Å². The number of thioether (sulfide) groups is 1. The van der Waals surface area contributed by atoms with Crippen LogP contribution in [0.1, 0.15) is 13.8 Å². The Hall–Kier alpha value is -3.18. The van der Waals surface area contributed by atoms with Crippen LogP contribution in [0.15, 0.2) is 58.5 Å². The molecule has 1 aromatic heterocycles. The van der Waals surface area contributed by atoms with Crippen LogP contribution < -0.4 is 5.56 Å². The second-order valence-electron chi connectivity index (χ2n) is 6.78.